The van der Waals surface area contributed by atoms with Crippen molar-refractivity contribution in [1.29, 1.82) is 0 Å². The molecule has 6 nitrogen and oxygen atoms in total. The Morgan fingerprint density at radius 1 is 1.14 bits per heavy atom. The molecule has 0 amide bonds. The van der Waals surface area contributed by atoms with Gasteiger partial charge in [-0.1, -0.05) is 54.6 Å². The van der Waals surface area contributed by atoms with E-state index in [4.69, 9.17) is 11.6 Å². The molecular weight excluding hydrogens is 408 g/mol. The van der Waals surface area contributed by atoms with Crippen molar-refractivity contribution in [3.8, 4) is 11.5 Å². The molecule has 1 atom stereocenters. The number of rotatable bonds is 8. The summed E-state index contributed by atoms with van der Waals surface area (Å²) in [5, 5.41) is 1.38. The molecule has 0 unspecified atom stereocenters. The number of aryl methyl sites for hydroxylation is 2. The molecule has 0 aliphatic heterocycles. The summed E-state index contributed by atoms with van der Waals surface area (Å²) in [6.07, 6.45) is 2.61. The van der Waals surface area contributed by atoms with Crippen LogP contribution in [0, 0.1) is 6.92 Å². The van der Waals surface area contributed by atoms with Gasteiger partial charge in [-0.05, 0) is 37.5 Å². The largest absolute Gasteiger partial charge is 0.253 e. The first-order valence-corrected chi connectivity index (χ1v) is 11.0. The minimum Gasteiger partial charge on any atom is -0.253 e. The molecule has 1 N–H and O–H groups in total. The average molecular weight is 429 g/mol. The highest BCUT2D eigenvalue weighted by atomic mass is 35.5. The van der Waals surface area contributed by atoms with E-state index in [1.165, 1.54) is 0 Å². The van der Waals surface area contributed by atoms with Crippen LogP contribution < -0.4 is 4.72 Å². The number of benzene rings is 1. The van der Waals surface area contributed by atoms with E-state index in [-0.39, 0.29) is 0 Å². The number of nitrogens with one attached hydrogen (secondary N) is 1. The van der Waals surface area contributed by atoms with Crippen LogP contribution in [-0.4, -0.2) is 23.4 Å². The Morgan fingerprint density at radius 2 is 1.86 bits per heavy atom. The van der Waals surface area contributed by atoms with Gasteiger partial charge in [0.15, 0.2) is 5.82 Å². The molecule has 0 aliphatic rings. The first-order valence-electron chi connectivity index (χ1n) is 9.04. The molecule has 0 fully saturated rings. The third kappa shape index (κ3) is 5.47. The number of nitrogens with zero attached hydrogens (tertiary/aromatic N) is 3. The molecule has 150 valence electrons. The van der Waals surface area contributed by atoms with Gasteiger partial charge in [0.1, 0.15) is 5.69 Å². The molecule has 3 aromatic rings. The van der Waals surface area contributed by atoms with Gasteiger partial charge in [0.2, 0.25) is 10.0 Å². The number of pyridine rings is 1. The van der Waals surface area contributed by atoms with Crippen molar-refractivity contribution in [2.75, 3.05) is 0 Å². The maximum absolute atomic E-state index is 12.1. The zero-order valence-electron chi connectivity index (χ0n) is 15.9. The molecule has 0 spiro atoms. The monoisotopic (exact) mass is 428 g/mol. The molecule has 1 aromatic carbocycles. The van der Waals surface area contributed by atoms with Gasteiger partial charge >= 0.3 is 0 Å². The van der Waals surface area contributed by atoms with Crippen LogP contribution in [0.15, 0.2) is 66.7 Å². The SMILES string of the molecule is C=CS(=O)(=O)N[C@@H](CCc1nc(-c2ccccn2)nc(C)c1Cl)c1ccccc1. The summed E-state index contributed by atoms with van der Waals surface area (Å²) in [7, 11) is -3.60. The number of sulfonamides is 1. The molecule has 8 heteroatoms. The molecular formula is C21H21ClN4O2S. The van der Waals surface area contributed by atoms with Crippen LogP contribution >= 0.6 is 11.6 Å². The second-order valence-corrected chi connectivity index (χ2v) is 8.48. The fourth-order valence-electron chi connectivity index (χ4n) is 2.90. The van der Waals surface area contributed by atoms with Crippen LogP contribution in [-0.2, 0) is 16.4 Å². The molecule has 0 aliphatic carbocycles. The first-order chi connectivity index (χ1) is 13.9. The lowest BCUT2D eigenvalue weighted by Gasteiger charge is -2.18. The number of hydrogen-bond acceptors (Lipinski definition) is 5. The predicted molar refractivity (Wildman–Crippen MR) is 115 cm³/mol. The fraction of sp³-hybridized carbons (Fsp3) is 0.190. The van der Waals surface area contributed by atoms with E-state index in [1.54, 1.807) is 6.20 Å². The summed E-state index contributed by atoms with van der Waals surface area (Å²) in [5.74, 6) is 0.491. The Bertz CT molecular complexity index is 1090. The van der Waals surface area contributed by atoms with Gasteiger partial charge in [-0.25, -0.2) is 23.1 Å². The lowest BCUT2D eigenvalue weighted by Crippen LogP contribution is -2.27. The highest BCUT2D eigenvalue weighted by Gasteiger charge is 2.19. The molecule has 0 saturated carbocycles. The summed E-state index contributed by atoms with van der Waals surface area (Å²) in [6.45, 7) is 5.18. The zero-order valence-corrected chi connectivity index (χ0v) is 17.5. The van der Waals surface area contributed by atoms with Crippen LogP contribution in [0.25, 0.3) is 11.5 Å². The van der Waals surface area contributed by atoms with Gasteiger partial charge in [-0.3, -0.25) is 4.98 Å². The quantitative estimate of drug-likeness (QED) is 0.580. The summed E-state index contributed by atoms with van der Waals surface area (Å²) >= 11 is 6.44. The molecule has 29 heavy (non-hydrogen) atoms. The first kappa shape index (κ1) is 21.1. The van der Waals surface area contributed by atoms with E-state index in [0.717, 1.165) is 11.0 Å². The van der Waals surface area contributed by atoms with Gasteiger partial charge in [0.25, 0.3) is 0 Å². The normalized spacial score (nSPS) is 12.5. The van der Waals surface area contributed by atoms with Gasteiger partial charge in [-0.15, -0.1) is 0 Å². The Morgan fingerprint density at radius 3 is 2.52 bits per heavy atom. The van der Waals surface area contributed by atoms with Crippen molar-refractivity contribution < 1.29 is 8.42 Å². The van der Waals surface area contributed by atoms with Crippen LogP contribution in [0.3, 0.4) is 0 Å². The average Bonchev–Trinajstić information content (AvgIpc) is 2.75. The van der Waals surface area contributed by atoms with Crippen LogP contribution in [0.2, 0.25) is 5.02 Å². The van der Waals surface area contributed by atoms with E-state index in [0.29, 0.717) is 40.8 Å². The second kappa shape index (κ2) is 9.26. The summed E-state index contributed by atoms with van der Waals surface area (Å²) in [6, 6.07) is 14.4. The zero-order chi connectivity index (χ0) is 20.9. The predicted octanol–water partition coefficient (Wildman–Crippen LogP) is 4.24. The van der Waals surface area contributed by atoms with Gasteiger partial charge in [0.05, 0.1) is 16.4 Å². The molecule has 0 bridgehead atoms. The number of aromatic nitrogens is 3. The Labute approximate surface area is 175 Å². The molecule has 2 aromatic heterocycles. The highest BCUT2D eigenvalue weighted by Crippen LogP contribution is 2.26. The molecule has 2 heterocycles. The molecule has 0 radical (unpaired) electrons. The highest BCUT2D eigenvalue weighted by molar-refractivity contribution is 7.92. The van der Waals surface area contributed by atoms with Crippen molar-refractivity contribution >= 4 is 21.6 Å². The van der Waals surface area contributed by atoms with Gasteiger partial charge in [0, 0.05) is 17.6 Å². The second-order valence-electron chi connectivity index (χ2n) is 6.44. The maximum Gasteiger partial charge on any atom is 0.233 e. The minimum absolute atomic E-state index is 0.441. The Balaban J connectivity index is 1.89. The van der Waals surface area contributed by atoms with Gasteiger partial charge < -0.3 is 0 Å². The lowest BCUT2D eigenvalue weighted by atomic mass is 10.0. The van der Waals surface area contributed by atoms with Crippen molar-refractivity contribution in [1.82, 2.24) is 19.7 Å². The summed E-state index contributed by atoms with van der Waals surface area (Å²) in [5.41, 5.74) is 2.81. The van der Waals surface area contributed by atoms with E-state index in [2.05, 4.69) is 26.3 Å². The molecule has 3 rings (SSSR count). The summed E-state index contributed by atoms with van der Waals surface area (Å²) < 4.78 is 26.8. The van der Waals surface area contributed by atoms with Crippen molar-refractivity contribution in [3.05, 3.63) is 88.7 Å². The molecule has 0 saturated heterocycles. The third-order valence-electron chi connectivity index (χ3n) is 4.38. The summed E-state index contributed by atoms with van der Waals surface area (Å²) in [4.78, 5) is 13.3. The van der Waals surface area contributed by atoms with Gasteiger partial charge in [-0.2, -0.15) is 0 Å². The van der Waals surface area contributed by atoms with Crippen LogP contribution in [0.1, 0.15) is 29.4 Å². The van der Waals surface area contributed by atoms with Crippen molar-refractivity contribution in [3.63, 3.8) is 0 Å². The van der Waals surface area contributed by atoms with Crippen LogP contribution in [0.5, 0.6) is 0 Å². The smallest absolute Gasteiger partial charge is 0.233 e. The van der Waals surface area contributed by atoms with E-state index >= 15 is 0 Å². The van der Waals surface area contributed by atoms with Crippen molar-refractivity contribution in [2.45, 2.75) is 25.8 Å². The third-order valence-corrected chi connectivity index (χ3v) is 5.92. The van der Waals surface area contributed by atoms with E-state index in [9.17, 15) is 8.42 Å². The Hall–Kier alpha value is -2.61. The Kier molecular flexibility index (Phi) is 6.74. The lowest BCUT2D eigenvalue weighted by molar-refractivity contribution is 0.545. The maximum atomic E-state index is 12.1. The topological polar surface area (TPSA) is 84.8 Å². The van der Waals surface area contributed by atoms with Crippen molar-refractivity contribution in [2.24, 2.45) is 0 Å². The standard InChI is InChI=1S/C21H21ClN4O2S/c1-3-29(27,28)26-17(16-9-5-4-6-10-16)12-13-18-20(22)15(2)24-21(25-18)19-11-7-8-14-23-19/h3-11,14,17,26H,1,12-13H2,2H3/t17-/m0/s1. The minimum atomic E-state index is -3.60. The number of halogens is 1. The van der Waals surface area contributed by atoms with E-state index < -0.39 is 16.1 Å². The van der Waals surface area contributed by atoms with E-state index in [1.807, 2.05) is 55.5 Å². The number of hydrogen-bond donors (Lipinski definition) is 1. The fourth-order valence-corrected chi connectivity index (χ4v) is 3.83. The van der Waals surface area contributed by atoms with Crippen LogP contribution in [0.4, 0.5) is 0 Å².